The number of amides is 1. The summed E-state index contributed by atoms with van der Waals surface area (Å²) in [6.07, 6.45) is 1.84. The zero-order valence-corrected chi connectivity index (χ0v) is 14.7. The van der Waals surface area contributed by atoms with Crippen LogP contribution in [0.5, 0.6) is 5.75 Å². The molecule has 0 saturated heterocycles. The molecule has 3 rings (SSSR count). The minimum atomic E-state index is 0.0984. The molecule has 0 radical (unpaired) electrons. The van der Waals surface area contributed by atoms with Crippen molar-refractivity contribution in [1.29, 1.82) is 0 Å². The second kappa shape index (κ2) is 6.75. The molecule has 1 aliphatic carbocycles. The molecule has 0 N–H and O–H groups in total. The Morgan fingerprint density at radius 2 is 2.17 bits per heavy atom. The van der Waals surface area contributed by atoms with Crippen LogP contribution in [0, 0.1) is 5.92 Å². The van der Waals surface area contributed by atoms with E-state index in [-0.39, 0.29) is 17.9 Å². The monoisotopic (exact) mass is 329 g/mol. The first-order chi connectivity index (χ1) is 11.1. The van der Waals surface area contributed by atoms with E-state index in [9.17, 15) is 4.79 Å². The van der Waals surface area contributed by atoms with E-state index in [1.165, 1.54) is 5.56 Å². The third kappa shape index (κ3) is 3.42. The average molecular weight is 329 g/mol. The second-order valence-corrected chi connectivity index (χ2v) is 7.10. The number of para-hydroxylation sites is 1. The molecule has 0 unspecified atom stereocenters. The van der Waals surface area contributed by atoms with Crippen molar-refractivity contribution in [1.82, 2.24) is 4.90 Å². The maximum atomic E-state index is 12.7. The van der Waals surface area contributed by atoms with E-state index in [1.54, 1.807) is 18.4 Å². The minimum absolute atomic E-state index is 0.0984. The quantitative estimate of drug-likeness (QED) is 0.803. The Morgan fingerprint density at radius 3 is 2.87 bits per heavy atom. The molecule has 2 aromatic rings. The largest absolute Gasteiger partial charge is 0.496 e. The summed E-state index contributed by atoms with van der Waals surface area (Å²) < 4.78 is 5.43. The van der Waals surface area contributed by atoms with Gasteiger partial charge in [-0.15, -0.1) is 0 Å². The van der Waals surface area contributed by atoms with Gasteiger partial charge in [0, 0.05) is 19.0 Å². The maximum absolute atomic E-state index is 12.7. The van der Waals surface area contributed by atoms with Gasteiger partial charge in [-0.05, 0) is 59.7 Å². The minimum Gasteiger partial charge on any atom is -0.496 e. The van der Waals surface area contributed by atoms with Gasteiger partial charge in [0.2, 0.25) is 5.91 Å². The van der Waals surface area contributed by atoms with Crippen molar-refractivity contribution in [3.8, 4) is 5.75 Å². The van der Waals surface area contributed by atoms with Crippen molar-refractivity contribution < 1.29 is 9.53 Å². The van der Waals surface area contributed by atoms with Gasteiger partial charge in [-0.3, -0.25) is 4.79 Å². The molecule has 3 nitrogen and oxygen atoms in total. The molecule has 0 bridgehead atoms. The standard InChI is InChI=1S/C19H23NO2S/c1-13(10-14-8-9-23-12-14)20(2)19(21)17-11-16(17)15-6-4-5-7-18(15)22-3/h4-9,12-13,16-17H,10-11H2,1-3H3/t13-,16-,17+/m0/s1. The topological polar surface area (TPSA) is 29.5 Å². The molecule has 23 heavy (non-hydrogen) atoms. The van der Waals surface area contributed by atoms with Gasteiger partial charge in [0.05, 0.1) is 7.11 Å². The molecule has 0 aliphatic heterocycles. The Bertz CT molecular complexity index is 668. The number of rotatable bonds is 6. The number of likely N-dealkylation sites (N-methyl/N-ethyl adjacent to an activating group) is 1. The maximum Gasteiger partial charge on any atom is 0.226 e. The van der Waals surface area contributed by atoms with Crippen LogP contribution in [0.1, 0.15) is 30.4 Å². The fourth-order valence-corrected chi connectivity index (χ4v) is 3.83. The second-order valence-electron chi connectivity index (χ2n) is 6.32. The van der Waals surface area contributed by atoms with Gasteiger partial charge in [0.1, 0.15) is 5.75 Å². The van der Waals surface area contributed by atoms with Gasteiger partial charge in [-0.2, -0.15) is 11.3 Å². The lowest BCUT2D eigenvalue weighted by atomic mass is 10.1. The Morgan fingerprint density at radius 1 is 1.39 bits per heavy atom. The van der Waals surface area contributed by atoms with Crippen LogP contribution in [-0.4, -0.2) is 31.0 Å². The van der Waals surface area contributed by atoms with Gasteiger partial charge >= 0.3 is 0 Å². The molecule has 3 atom stereocenters. The average Bonchev–Trinajstić information content (AvgIpc) is 3.21. The fourth-order valence-electron chi connectivity index (χ4n) is 3.15. The van der Waals surface area contributed by atoms with Gasteiger partial charge in [-0.25, -0.2) is 0 Å². The summed E-state index contributed by atoms with van der Waals surface area (Å²) in [6, 6.07) is 10.4. The number of benzene rings is 1. The van der Waals surface area contributed by atoms with Crippen molar-refractivity contribution in [3.05, 3.63) is 52.2 Å². The number of thiophene rings is 1. The smallest absolute Gasteiger partial charge is 0.226 e. The Hall–Kier alpha value is -1.81. The van der Waals surface area contributed by atoms with Crippen LogP contribution in [0.3, 0.4) is 0 Å². The van der Waals surface area contributed by atoms with Crippen LogP contribution in [0.4, 0.5) is 0 Å². The lowest BCUT2D eigenvalue weighted by Gasteiger charge is -2.25. The molecule has 1 aromatic heterocycles. The highest BCUT2D eigenvalue weighted by molar-refractivity contribution is 7.07. The zero-order chi connectivity index (χ0) is 16.4. The van der Waals surface area contributed by atoms with E-state index in [2.05, 4.69) is 29.8 Å². The lowest BCUT2D eigenvalue weighted by Crippen LogP contribution is -2.37. The first kappa shape index (κ1) is 16.1. The van der Waals surface area contributed by atoms with Gasteiger partial charge in [-0.1, -0.05) is 18.2 Å². The van der Waals surface area contributed by atoms with Gasteiger partial charge in [0.15, 0.2) is 0 Å². The molecule has 0 spiro atoms. The highest BCUT2D eigenvalue weighted by Crippen LogP contribution is 2.51. The van der Waals surface area contributed by atoms with Crippen LogP contribution < -0.4 is 4.74 Å². The summed E-state index contributed by atoms with van der Waals surface area (Å²) in [5, 5.41) is 4.24. The van der Waals surface area contributed by atoms with Crippen LogP contribution in [0.25, 0.3) is 0 Å². The third-order valence-electron chi connectivity index (χ3n) is 4.77. The van der Waals surface area contributed by atoms with Crippen molar-refractivity contribution in [2.45, 2.75) is 31.7 Å². The van der Waals surface area contributed by atoms with E-state index in [0.29, 0.717) is 5.92 Å². The summed E-state index contributed by atoms with van der Waals surface area (Å²) in [5.74, 6) is 1.54. The van der Waals surface area contributed by atoms with Crippen LogP contribution in [-0.2, 0) is 11.2 Å². The summed E-state index contributed by atoms with van der Waals surface area (Å²) in [6.45, 7) is 2.12. The molecule has 122 valence electrons. The van der Waals surface area contributed by atoms with Crippen LogP contribution in [0.15, 0.2) is 41.1 Å². The summed E-state index contributed by atoms with van der Waals surface area (Å²) in [4.78, 5) is 14.7. The van der Waals surface area contributed by atoms with E-state index in [0.717, 1.165) is 24.2 Å². The first-order valence-corrected chi connectivity index (χ1v) is 8.96. The number of carbonyl (C=O) groups excluding carboxylic acids is 1. The van der Waals surface area contributed by atoms with Gasteiger partial charge in [0.25, 0.3) is 0 Å². The number of methoxy groups -OCH3 is 1. The number of nitrogens with zero attached hydrogens (tertiary/aromatic N) is 1. The summed E-state index contributed by atoms with van der Waals surface area (Å²) >= 11 is 1.70. The molecule has 1 aliphatic rings. The summed E-state index contributed by atoms with van der Waals surface area (Å²) in [5.41, 5.74) is 2.46. The van der Waals surface area contributed by atoms with Crippen molar-refractivity contribution >= 4 is 17.2 Å². The van der Waals surface area contributed by atoms with Gasteiger partial charge < -0.3 is 9.64 Å². The highest BCUT2D eigenvalue weighted by Gasteiger charge is 2.46. The molecule has 1 aromatic carbocycles. The molecule has 1 amide bonds. The van der Waals surface area contributed by atoms with E-state index < -0.39 is 0 Å². The van der Waals surface area contributed by atoms with Crippen molar-refractivity contribution in [3.63, 3.8) is 0 Å². The Kier molecular flexibility index (Phi) is 4.71. The molecule has 1 fully saturated rings. The molecule has 1 heterocycles. The molecular formula is C19H23NO2S. The number of hydrogen-bond acceptors (Lipinski definition) is 3. The zero-order valence-electron chi connectivity index (χ0n) is 13.9. The molecular weight excluding hydrogens is 306 g/mol. The highest BCUT2D eigenvalue weighted by atomic mass is 32.1. The number of ether oxygens (including phenoxy) is 1. The first-order valence-electron chi connectivity index (χ1n) is 8.02. The Balaban J connectivity index is 1.63. The van der Waals surface area contributed by atoms with E-state index >= 15 is 0 Å². The lowest BCUT2D eigenvalue weighted by molar-refractivity contribution is -0.133. The number of hydrogen-bond donors (Lipinski definition) is 0. The molecule has 1 saturated carbocycles. The van der Waals surface area contributed by atoms with Crippen LogP contribution >= 0.6 is 11.3 Å². The van der Waals surface area contributed by atoms with E-state index in [4.69, 9.17) is 4.74 Å². The third-order valence-corrected chi connectivity index (χ3v) is 5.50. The van der Waals surface area contributed by atoms with Crippen molar-refractivity contribution in [2.24, 2.45) is 5.92 Å². The predicted octanol–water partition coefficient (Wildman–Crippen LogP) is 3.95. The molecule has 4 heteroatoms. The fraction of sp³-hybridized carbons (Fsp3) is 0.421. The SMILES string of the molecule is COc1ccccc1[C@@H]1C[C@H]1C(=O)N(C)[C@@H](C)Cc1ccsc1. The van der Waals surface area contributed by atoms with Crippen molar-refractivity contribution in [2.75, 3.05) is 14.2 Å². The normalized spacial score (nSPS) is 20.8. The van der Waals surface area contributed by atoms with E-state index in [1.807, 2.05) is 30.1 Å². The predicted molar refractivity (Wildman–Crippen MR) is 94.1 cm³/mol. The number of carbonyl (C=O) groups is 1. The summed E-state index contributed by atoms with van der Waals surface area (Å²) in [7, 11) is 3.62. The Labute approximate surface area is 141 Å². The van der Waals surface area contributed by atoms with Crippen LogP contribution in [0.2, 0.25) is 0 Å².